The summed E-state index contributed by atoms with van der Waals surface area (Å²) in [6, 6.07) is 2.97. The number of anilines is 1. The maximum atomic E-state index is 13.2. The van der Waals surface area contributed by atoms with Crippen molar-refractivity contribution in [2.75, 3.05) is 5.32 Å². The van der Waals surface area contributed by atoms with Crippen LogP contribution in [0.15, 0.2) is 43.0 Å². The first-order chi connectivity index (χ1) is 12.2. The molecule has 1 N–H and O–H groups in total. The van der Waals surface area contributed by atoms with Gasteiger partial charge in [-0.3, -0.25) is 9.36 Å². The molecule has 3 rings (SSSR count). The van der Waals surface area contributed by atoms with Crippen molar-refractivity contribution in [3.05, 3.63) is 66.0 Å². The number of imidazole rings is 1. The largest absolute Gasteiger partial charge is 0.433 e. The minimum Gasteiger partial charge on any atom is -0.321 e. The van der Waals surface area contributed by atoms with E-state index in [-0.39, 0.29) is 5.69 Å². The van der Waals surface area contributed by atoms with Crippen molar-refractivity contribution in [3.63, 3.8) is 0 Å². The van der Waals surface area contributed by atoms with Crippen molar-refractivity contribution >= 4 is 11.6 Å². The van der Waals surface area contributed by atoms with Gasteiger partial charge >= 0.3 is 6.18 Å². The van der Waals surface area contributed by atoms with Crippen molar-refractivity contribution in [2.45, 2.75) is 6.18 Å². The van der Waals surface area contributed by atoms with E-state index in [0.29, 0.717) is 12.1 Å². The monoisotopic (exact) mass is 369 g/mol. The van der Waals surface area contributed by atoms with Crippen LogP contribution in [0.25, 0.3) is 5.95 Å². The maximum absolute atomic E-state index is 13.2. The minimum atomic E-state index is -4.82. The molecule has 0 saturated carbocycles. The van der Waals surface area contributed by atoms with Gasteiger partial charge in [0, 0.05) is 30.2 Å². The summed E-state index contributed by atoms with van der Waals surface area (Å²) in [6.45, 7) is 0. The third-order valence-corrected chi connectivity index (χ3v) is 3.15. The molecule has 0 radical (unpaired) electrons. The van der Waals surface area contributed by atoms with E-state index < -0.39 is 41.1 Å². The lowest BCUT2D eigenvalue weighted by molar-refractivity contribution is -0.141. The summed E-state index contributed by atoms with van der Waals surface area (Å²) >= 11 is 0. The second kappa shape index (κ2) is 6.50. The van der Waals surface area contributed by atoms with Crippen molar-refractivity contribution < 1.29 is 26.7 Å². The molecule has 0 atom stereocenters. The van der Waals surface area contributed by atoms with Crippen LogP contribution in [0.5, 0.6) is 0 Å². The number of nitrogens with zero attached hydrogens (tertiary/aromatic N) is 4. The molecule has 1 amide bonds. The van der Waals surface area contributed by atoms with Crippen LogP contribution in [-0.2, 0) is 6.18 Å². The smallest absolute Gasteiger partial charge is 0.321 e. The minimum absolute atomic E-state index is 0.148. The molecule has 134 valence electrons. The molecule has 1 aromatic carbocycles. The molecule has 0 saturated heterocycles. The van der Waals surface area contributed by atoms with Gasteiger partial charge in [0.25, 0.3) is 5.91 Å². The summed E-state index contributed by atoms with van der Waals surface area (Å²) < 4.78 is 66.3. The number of aromatic nitrogens is 4. The van der Waals surface area contributed by atoms with Crippen LogP contribution in [0.2, 0.25) is 0 Å². The third-order valence-electron chi connectivity index (χ3n) is 3.15. The van der Waals surface area contributed by atoms with Gasteiger partial charge in [-0.1, -0.05) is 0 Å². The van der Waals surface area contributed by atoms with Crippen LogP contribution in [-0.4, -0.2) is 25.4 Å². The molecule has 0 unspecified atom stereocenters. The standard InChI is InChI=1S/C15H8F5N5O/c16-9-2-1-8(5-10(9)17)22-13(26)11-6-12(15(18,19)20)24-14(23-11)25-4-3-21-7-25/h1-7H,(H,22,26). The number of carbonyl (C=O) groups excluding carboxylic acids is 1. The van der Waals surface area contributed by atoms with Gasteiger partial charge in [-0.15, -0.1) is 0 Å². The van der Waals surface area contributed by atoms with E-state index in [4.69, 9.17) is 0 Å². The van der Waals surface area contributed by atoms with Gasteiger partial charge < -0.3 is 5.32 Å². The summed E-state index contributed by atoms with van der Waals surface area (Å²) in [6.07, 6.45) is -1.07. The lowest BCUT2D eigenvalue weighted by Gasteiger charge is -2.11. The van der Waals surface area contributed by atoms with Crippen molar-refractivity contribution in [2.24, 2.45) is 0 Å². The average Bonchev–Trinajstić information content (AvgIpc) is 3.11. The van der Waals surface area contributed by atoms with Crippen LogP contribution < -0.4 is 5.32 Å². The van der Waals surface area contributed by atoms with Gasteiger partial charge in [0.15, 0.2) is 17.3 Å². The Morgan fingerprint density at radius 2 is 1.85 bits per heavy atom. The van der Waals surface area contributed by atoms with E-state index in [1.165, 1.54) is 12.4 Å². The number of amides is 1. The number of halogens is 5. The van der Waals surface area contributed by atoms with Crippen molar-refractivity contribution in [1.29, 1.82) is 0 Å². The predicted octanol–water partition coefficient (Wildman–Crippen LogP) is 3.21. The number of hydrogen-bond acceptors (Lipinski definition) is 4. The molecule has 6 nitrogen and oxygen atoms in total. The van der Waals surface area contributed by atoms with Gasteiger partial charge in [0.2, 0.25) is 5.95 Å². The van der Waals surface area contributed by atoms with Crippen LogP contribution in [0.3, 0.4) is 0 Å². The van der Waals surface area contributed by atoms with E-state index in [0.717, 1.165) is 23.0 Å². The summed E-state index contributed by atoms with van der Waals surface area (Å²) in [5.41, 5.74) is -2.10. The SMILES string of the molecule is O=C(Nc1ccc(F)c(F)c1)c1cc(C(F)(F)F)nc(-n2ccnc2)n1. The lowest BCUT2D eigenvalue weighted by atomic mass is 10.2. The Kier molecular flexibility index (Phi) is 4.36. The lowest BCUT2D eigenvalue weighted by Crippen LogP contribution is -2.19. The zero-order chi connectivity index (χ0) is 18.9. The van der Waals surface area contributed by atoms with E-state index in [1.54, 1.807) is 0 Å². The number of rotatable bonds is 3. The first kappa shape index (κ1) is 17.5. The van der Waals surface area contributed by atoms with Crippen LogP contribution in [0, 0.1) is 11.6 Å². The first-order valence-corrected chi connectivity index (χ1v) is 6.95. The van der Waals surface area contributed by atoms with Crippen LogP contribution >= 0.6 is 0 Å². The predicted molar refractivity (Wildman–Crippen MR) is 78.5 cm³/mol. The normalized spacial score (nSPS) is 11.4. The van der Waals surface area contributed by atoms with Gasteiger partial charge in [0.1, 0.15) is 12.0 Å². The molecular weight excluding hydrogens is 361 g/mol. The van der Waals surface area contributed by atoms with Gasteiger partial charge in [-0.2, -0.15) is 13.2 Å². The Hall–Kier alpha value is -3.37. The number of alkyl halides is 3. The van der Waals surface area contributed by atoms with E-state index in [2.05, 4.69) is 20.3 Å². The highest BCUT2D eigenvalue weighted by Crippen LogP contribution is 2.28. The molecule has 0 spiro atoms. The molecule has 0 fully saturated rings. The van der Waals surface area contributed by atoms with E-state index >= 15 is 0 Å². The molecule has 0 aliphatic heterocycles. The van der Waals surface area contributed by atoms with Crippen LogP contribution in [0.4, 0.5) is 27.6 Å². The van der Waals surface area contributed by atoms with Gasteiger partial charge in [0.05, 0.1) is 0 Å². The average molecular weight is 369 g/mol. The first-order valence-electron chi connectivity index (χ1n) is 6.95. The van der Waals surface area contributed by atoms with Gasteiger partial charge in [-0.05, 0) is 12.1 Å². The molecule has 11 heteroatoms. The molecule has 2 aromatic heterocycles. The summed E-state index contributed by atoms with van der Waals surface area (Å²) in [5, 5.41) is 2.15. The van der Waals surface area contributed by atoms with Crippen LogP contribution in [0.1, 0.15) is 16.2 Å². The number of benzene rings is 1. The van der Waals surface area contributed by atoms with Crippen molar-refractivity contribution in [1.82, 2.24) is 19.5 Å². The second-order valence-corrected chi connectivity index (χ2v) is 4.99. The van der Waals surface area contributed by atoms with Gasteiger partial charge in [-0.25, -0.2) is 23.7 Å². The topological polar surface area (TPSA) is 72.7 Å². The summed E-state index contributed by atoms with van der Waals surface area (Å²) in [7, 11) is 0. The zero-order valence-corrected chi connectivity index (χ0v) is 12.6. The number of carbonyl (C=O) groups is 1. The molecule has 0 bridgehead atoms. The van der Waals surface area contributed by atoms with E-state index in [1.807, 2.05) is 0 Å². The Morgan fingerprint density at radius 3 is 2.46 bits per heavy atom. The fourth-order valence-corrected chi connectivity index (χ4v) is 1.96. The third kappa shape index (κ3) is 3.66. The molecule has 0 aliphatic carbocycles. The molecular formula is C15H8F5N5O. The molecule has 0 aliphatic rings. The summed E-state index contributed by atoms with van der Waals surface area (Å²) in [5.74, 6) is -3.83. The maximum Gasteiger partial charge on any atom is 0.433 e. The Balaban J connectivity index is 1.98. The fraction of sp³-hybridized carbons (Fsp3) is 0.0667. The Morgan fingerprint density at radius 1 is 1.08 bits per heavy atom. The molecule has 3 aromatic rings. The zero-order valence-electron chi connectivity index (χ0n) is 12.6. The highest BCUT2D eigenvalue weighted by atomic mass is 19.4. The van der Waals surface area contributed by atoms with Crippen molar-refractivity contribution in [3.8, 4) is 5.95 Å². The molecule has 26 heavy (non-hydrogen) atoms. The fourth-order valence-electron chi connectivity index (χ4n) is 1.96. The Labute approximate surface area is 142 Å². The second-order valence-electron chi connectivity index (χ2n) is 4.99. The summed E-state index contributed by atoms with van der Waals surface area (Å²) in [4.78, 5) is 23.0. The quantitative estimate of drug-likeness (QED) is 0.720. The number of nitrogens with one attached hydrogen (secondary N) is 1. The Bertz CT molecular complexity index is 956. The van der Waals surface area contributed by atoms with E-state index in [9.17, 15) is 26.7 Å². The molecule has 2 heterocycles. The number of hydrogen-bond donors (Lipinski definition) is 1. The highest BCUT2D eigenvalue weighted by molar-refractivity contribution is 6.03. The highest BCUT2D eigenvalue weighted by Gasteiger charge is 2.34.